The zero-order valence-electron chi connectivity index (χ0n) is 12.6. The third-order valence-electron chi connectivity index (χ3n) is 3.57. The summed E-state index contributed by atoms with van der Waals surface area (Å²) < 4.78 is 0. The number of hydrogen-bond acceptors (Lipinski definition) is 2. The third kappa shape index (κ3) is 2.63. The first-order chi connectivity index (χ1) is 10.7. The minimum atomic E-state index is -0.200. The Hall–Kier alpha value is -2.88. The maximum Gasteiger partial charge on any atom is 0.353 e. The Morgan fingerprint density at radius 3 is 1.95 bits per heavy atom. The molecule has 22 heavy (non-hydrogen) atoms. The molecule has 0 unspecified atom stereocenters. The monoisotopic (exact) mass is 291 g/mol. The highest BCUT2D eigenvalue weighted by molar-refractivity contribution is 6.10. The van der Waals surface area contributed by atoms with Gasteiger partial charge in [0.1, 0.15) is 0 Å². The first-order valence-corrected chi connectivity index (χ1v) is 7.14. The maximum absolute atomic E-state index is 12.9. The summed E-state index contributed by atoms with van der Waals surface area (Å²) in [6, 6.07) is 18.8. The standard InChI is InChI=1S/C18H17N3O/c1-14-13-20(16-9-5-3-6-10-16)18(22)21(19-15(14)2)17-11-7-4-8-12-17/h3-13H,1-2H3. The quantitative estimate of drug-likeness (QED) is 0.807. The minimum Gasteiger partial charge on any atom is -0.268 e. The van der Waals surface area contributed by atoms with Crippen molar-refractivity contribution < 1.29 is 4.79 Å². The Morgan fingerprint density at radius 2 is 1.36 bits per heavy atom. The van der Waals surface area contributed by atoms with Gasteiger partial charge >= 0.3 is 6.03 Å². The molecule has 2 aromatic carbocycles. The summed E-state index contributed by atoms with van der Waals surface area (Å²) >= 11 is 0. The van der Waals surface area contributed by atoms with E-state index in [0.29, 0.717) is 0 Å². The Balaban J connectivity index is 2.08. The van der Waals surface area contributed by atoms with Crippen LogP contribution >= 0.6 is 0 Å². The Labute approximate surface area is 130 Å². The summed E-state index contributed by atoms with van der Waals surface area (Å²) in [6.45, 7) is 3.86. The third-order valence-corrected chi connectivity index (χ3v) is 3.57. The number of hydrogen-bond donors (Lipinski definition) is 0. The Bertz CT molecular complexity index is 672. The van der Waals surface area contributed by atoms with Crippen molar-refractivity contribution in [1.82, 2.24) is 0 Å². The number of allylic oxidation sites excluding steroid dienone is 1. The fourth-order valence-electron chi connectivity index (χ4n) is 2.23. The number of carbonyl (C=O) groups excluding carboxylic acids is 1. The van der Waals surface area contributed by atoms with Crippen LogP contribution in [-0.2, 0) is 0 Å². The summed E-state index contributed by atoms with van der Waals surface area (Å²) in [5.74, 6) is 0. The molecule has 0 saturated heterocycles. The van der Waals surface area contributed by atoms with Crippen LogP contribution in [0.5, 0.6) is 0 Å². The maximum atomic E-state index is 12.9. The van der Waals surface area contributed by atoms with Crippen molar-refractivity contribution in [2.45, 2.75) is 13.8 Å². The van der Waals surface area contributed by atoms with Crippen LogP contribution in [0, 0.1) is 0 Å². The van der Waals surface area contributed by atoms with Gasteiger partial charge in [-0.1, -0.05) is 36.4 Å². The number of hydrazone groups is 1. The number of carbonyl (C=O) groups is 1. The lowest BCUT2D eigenvalue weighted by Crippen LogP contribution is -2.36. The molecule has 0 radical (unpaired) electrons. The molecule has 0 bridgehead atoms. The number of anilines is 2. The number of urea groups is 1. The van der Waals surface area contributed by atoms with Crippen molar-refractivity contribution in [3.63, 3.8) is 0 Å². The molecule has 110 valence electrons. The summed E-state index contributed by atoms with van der Waals surface area (Å²) in [5.41, 5.74) is 3.33. The highest BCUT2D eigenvalue weighted by Crippen LogP contribution is 2.24. The van der Waals surface area contributed by atoms with Crippen LogP contribution in [0.1, 0.15) is 13.8 Å². The van der Waals surface area contributed by atoms with Crippen LogP contribution in [0.25, 0.3) is 0 Å². The predicted octanol–water partition coefficient (Wildman–Crippen LogP) is 4.41. The van der Waals surface area contributed by atoms with Crippen LogP contribution in [0.2, 0.25) is 0 Å². The van der Waals surface area contributed by atoms with E-state index < -0.39 is 0 Å². The molecule has 4 nitrogen and oxygen atoms in total. The second-order valence-electron chi connectivity index (χ2n) is 5.13. The van der Waals surface area contributed by atoms with Gasteiger partial charge in [-0.3, -0.25) is 4.90 Å². The van der Waals surface area contributed by atoms with Gasteiger partial charge in [-0.2, -0.15) is 10.1 Å². The van der Waals surface area contributed by atoms with Crippen LogP contribution in [0.15, 0.2) is 77.5 Å². The Morgan fingerprint density at radius 1 is 0.818 bits per heavy atom. The van der Waals surface area contributed by atoms with Crippen molar-refractivity contribution in [3.8, 4) is 0 Å². The van der Waals surface area contributed by atoms with Crippen molar-refractivity contribution in [2.24, 2.45) is 5.10 Å². The fraction of sp³-hybridized carbons (Fsp3) is 0.111. The van der Waals surface area contributed by atoms with Crippen LogP contribution in [-0.4, -0.2) is 11.7 Å². The lowest BCUT2D eigenvalue weighted by molar-refractivity contribution is 0.253. The van der Waals surface area contributed by atoms with E-state index in [0.717, 1.165) is 22.7 Å². The topological polar surface area (TPSA) is 35.9 Å². The molecule has 0 saturated carbocycles. The number of benzene rings is 2. The molecule has 0 atom stereocenters. The molecule has 1 aliphatic rings. The summed E-state index contributed by atoms with van der Waals surface area (Å²) in [7, 11) is 0. The average molecular weight is 291 g/mol. The van der Waals surface area contributed by atoms with Crippen molar-refractivity contribution >= 4 is 23.1 Å². The van der Waals surface area contributed by atoms with E-state index in [2.05, 4.69) is 5.10 Å². The van der Waals surface area contributed by atoms with Gasteiger partial charge in [-0.05, 0) is 43.7 Å². The molecule has 0 aliphatic carbocycles. The molecule has 0 N–H and O–H groups in total. The second-order valence-corrected chi connectivity index (χ2v) is 5.13. The van der Waals surface area contributed by atoms with Gasteiger partial charge in [-0.15, -0.1) is 0 Å². The molecule has 2 amide bonds. The molecular weight excluding hydrogens is 274 g/mol. The highest BCUT2D eigenvalue weighted by atomic mass is 16.2. The number of rotatable bonds is 2. The number of amides is 2. The SMILES string of the molecule is CC1=CN(c2ccccc2)C(=O)N(c2ccccc2)N=C1C. The van der Waals surface area contributed by atoms with E-state index in [1.807, 2.05) is 80.7 Å². The summed E-state index contributed by atoms with van der Waals surface area (Å²) in [5, 5.41) is 5.91. The lowest BCUT2D eigenvalue weighted by Gasteiger charge is -2.23. The first-order valence-electron chi connectivity index (χ1n) is 7.14. The van der Waals surface area contributed by atoms with Gasteiger partial charge in [0.25, 0.3) is 0 Å². The zero-order chi connectivity index (χ0) is 15.5. The van der Waals surface area contributed by atoms with Crippen LogP contribution < -0.4 is 9.91 Å². The zero-order valence-corrected chi connectivity index (χ0v) is 12.6. The molecule has 1 aliphatic heterocycles. The largest absolute Gasteiger partial charge is 0.353 e. The van der Waals surface area contributed by atoms with Gasteiger partial charge in [-0.25, -0.2) is 4.79 Å². The summed E-state index contributed by atoms with van der Waals surface area (Å²) in [6.07, 6.45) is 1.83. The first kappa shape index (κ1) is 14.1. The highest BCUT2D eigenvalue weighted by Gasteiger charge is 2.25. The molecule has 0 aromatic heterocycles. The molecule has 2 aromatic rings. The Kier molecular flexibility index (Phi) is 3.74. The van der Waals surface area contributed by atoms with Gasteiger partial charge in [0.15, 0.2) is 0 Å². The van der Waals surface area contributed by atoms with Crippen LogP contribution in [0.3, 0.4) is 0 Å². The predicted molar refractivity (Wildman–Crippen MR) is 90.1 cm³/mol. The molecular formula is C18H17N3O. The van der Waals surface area contributed by atoms with Crippen molar-refractivity contribution in [1.29, 1.82) is 0 Å². The van der Waals surface area contributed by atoms with E-state index in [1.165, 1.54) is 5.01 Å². The van der Waals surface area contributed by atoms with Gasteiger partial charge in [0, 0.05) is 6.20 Å². The van der Waals surface area contributed by atoms with E-state index in [4.69, 9.17) is 0 Å². The van der Waals surface area contributed by atoms with Gasteiger partial charge < -0.3 is 0 Å². The molecule has 0 spiro atoms. The molecule has 1 heterocycles. The van der Waals surface area contributed by atoms with E-state index >= 15 is 0 Å². The van der Waals surface area contributed by atoms with Gasteiger partial charge in [0.05, 0.1) is 17.1 Å². The van der Waals surface area contributed by atoms with Crippen molar-refractivity contribution in [2.75, 3.05) is 9.91 Å². The molecule has 0 fully saturated rings. The van der Waals surface area contributed by atoms with E-state index in [9.17, 15) is 4.79 Å². The minimum absolute atomic E-state index is 0.200. The second kappa shape index (κ2) is 5.85. The van der Waals surface area contributed by atoms with Crippen molar-refractivity contribution in [3.05, 3.63) is 72.4 Å². The summed E-state index contributed by atoms with van der Waals surface area (Å²) in [4.78, 5) is 14.6. The lowest BCUT2D eigenvalue weighted by atomic mass is 10.2. The average Bonchev–Trinajstić information content (AvgIpc) is 2.68. The van der Waals surface area contributed by atoms with Crippen LogP contribution in [0.4, 0.5) is 16.2 Å². The van der Waals surface area contributed by atoms with Gasteiger partial charge in [0.2, 0.25) is 0 Å². The number of nitrogens with zero attached hydrogens (tertiary/aromatic N) is 3. The smallest absolute Gasteiger partial charge is 0.268 e. The van der Waals surface area contributed by atoms with E-state index in [1.54, 1.807) is 4.90 Å². The normalized spacial score (nSPS) is 15.3. The van der Waals surface area contributed by atoms with E-state index in [-0.39, 0.29) is 6.03 Å². The number of para-hydroxylation sites is 2. The molecule has 3 rings (SSSR count). The molecule has 4 heteroatoms. The fourth-order valence-corrected chi connectivity index (χ4v) is 2.23.